The fraction of sp³-hybridized carbons (Fsp3) is 0.0833. The van der Waals surface area contributed by atoms with Gasteiger partial charge < -0.3 is 9.97 Å². The molecular formula is C12H10N2O. The van der Waals surface area contributed by atoms with Gasteiger partial charge in [-0.3, -0.25) is 4.79 Å². The van der Waals surface area contributed by atoms with Crippen LogP contribution in [-0.4, -0.2) is 15.8 Å². The second-order valence-electron chi connectivity index (χ2n) is 3.71. The summed E-state index contributed by atoms with van der Waals surface area (Å²) in [6, 6.07) is 7.94. The summed E-state index contributed by atoms with van der Waals surface area (Å²) in [6.45, 7) is 1.57. The molecule has 0 radical (unpaired) electrons. The molecule has 0 aliphatic carbocycles. The molecule has 0 saturated carbocycles. The highest BCUT2D eigenvalue weighted by Gasteiger charge is 2.07. The maximum absolute atomic E-state index is 11.3. The second-order valence-corrected chi connectivity index (χ2v) is 3.71. The SMILES string of the molecule is CC(=O)c1cc2ccc3[nH]ccc3c2[nH]1. The average Bonchev–Trinajstić information content (AvgIpc) is 2.82. The zero-order chi connectivity index (χ0) is 10.4. The van der Waals surface area contributed by atoms with Crippen molar-refractivity contribution in [2.45, 2.75) is 6.92 Å². The third-order valence-electron chi connectivity index (χ3n) is 2.71. The van der Waals surface area contributed by atoms with Gasteiger partial charge in [0.25, 0.3) is 0 Å². The molecule has 0 aliphatic heterocycles. The smallest absolute Gasteiger partial charge is 0.175 e. The topological polar surface area (TPSA) is 48.6 Å². The van der Waals surface area contributed by atoms with Gasteiger partial charge in [-0.1, -0.05) is 6.07 Å². The van der Waals surface area contributed by atoms with Gasteiger partial charge in [0.1, 0.15) is 0 Å². The van der Waals surface area contributed by atoms with Gasteiger partial charge in [0.15, 0.2) is 5.78 Å². The minimum absolute atomic E-state index is 0.0647. The fourth-order valence-corrected chi connectivity index (χ4v) is 1.93. The molecule has 74 valence electrons. The first-order chi connectivity index (χ1) is 7.25. The summed E-state index contributed by atoms with van der Waals surface area (Å²) in [5.41, 5.74) is 2.78. The summed E-state index contributed by atoms with van der Waals surface area (Å²) in [7, 11) is 0. The van der Waals surface area contributed by atoms with E-state index in [9.17, 15) is 4.79 Å². The zero-order valence-corrected chi connectivity index (χ0v) is 8.29. The Kier molecular flexibility index (Phi) is 1.51. The Balaban J connectivity index is 2.46. The first-order valence-electron chi connectivity index (χ1n) is 4.85. The lowest BCUT2D eigenvalue weighted by Crippen LogP contribution is -1.89. The molecule has 2 heterocycles. The van der Waals surface area contributed by atoms with Crippen molar-refractivity contribution in [1.82, 2.24) is 9.97 Å². The summed E-state index contributed by atoms with van der Waals surface area (Å²) in [5.74, 6) is 0.0647. The van der Waals surface area contributed by atoms with Gasteiger partial charge in [-0.25, -0.2) is 0 Å². The molecule has 0 unspecified atom stereocenters. The fourth-order valence-electron chi connectivity index (χ4n) is 1.93. The Morgan fingerprint density at radius 3 is 2.93 bits per heavy atom. The molecule has 2 aromatic heterocycles. The minimum atomic E-state index is 0.0647. The summed E-state index contributed by atoms with van der Waals surface area (Å²) in [5, 5.41) is 2.20. The predicted molar refractivity (Wildman–Crippen MR) is 60.2 cm³/mol. The van der Waals surface area contributed by atoms with Crippen molar-refractivity contribution in [2.24, 2.45) is 0 Å². The molecule has 3 heteroatoms. The highest BCUT2D eigenvalue weighted by Crippen LogP contribution is 2.24. The number of aromatic nitrogens is 2. The third kappa shape index (κ3) is 1.09. The highest BCUT2D eigenvalue weighted by molar-refractivity contribution is 6.08. The molecule has 3 rings (SSSR count). The lowest BCUT2D eigenvalue weighted by Gasteiger charge is -1.91. The quantitative estimate of drug-likeness (QED) is 0.580. The van der Waals surface area contributed by atoms with Crippen molar-refractivity contribution in [3.05, 3.63) is 36.2 Å². The van der Waals surface area contributed by atoms with Crippen LogP contribution in [0.5, 0.6) is 0 Å². The Morgan fingerprint density at radius 1 is 1.27 bits per heavy atom. The van der Waals surface area contributed by atoms with Crippen LogP contribution < -0.4 is 0 Å². The van der Waals surface area contributed by atoms with Crippen LogP contribution in [-0.2, 0) is 0 Å². The van der Waals surface area contributed by atoms with Crippen molar-refractivity contribution in [1.29, 1.82) is 0 Å². The van der Waals surface area contributed by atoms with Crippen LogP contribution in [0.4, 0.5) is 0 Å². The van der Waals surface area contributed by atoms with E-state index < -0.39 is 0 Å². The Labute approximate surface area is 86.1 Å². The number of aromatic amines is 2. The number of Topliss-reactive ketones (excluding diaryl/α,β-unsaturated/α-hetero) is 1. The number of H-pyrrole nitrogens is 2. The largest absolute Gasteiger partial charge is 0.361 e. The van der Waals surface area contributed by atoms with Crippen LogP contribution in [0.3, 0.4) is 0 Å². The van der Waals surface area contributed by atoms with Crippen LogP contribution >= 0.6 is 0 Å². The Bertz CT molecular complexity index is 660. The van der Waals surface area contributed by atoms with Gasteiger partial charge in [0.05, 0.1) is 11.2 Å². The summed E-state index contributed by atoms with van der Waals surface area (Å²) in [4.78, 5) is 17.6. The molecule has 2 N–H and O–H groups in total. The molecule has 0 amide bonds. The first-order valence-corrected chi connectivity index (χ1v) is 4.85. The number of carbonyl (C=O) groups excluding carboxylic acids is 1. The number of nitrogens with one attached hydrogen (secondary N) is 2. The zero-order valence-electron chi connectivity index (χ0n) is 8.29. The van der Waals surface area contributed by atoms with E-state index in [1.807, 2.05) is 30.5 Å². The molecule has 0 spiro atoms. The molecule has 0 saturated heterocycles. The maximum atomic E-state index is 11.3. The van der Waals surface area contributed by atoms with Crippen molar-refractivity contribution in [2.75, 3.05) is 0 Å². The molecule has 15 heavy (non-hydrogen) atoms. The van der Waals surface area contributed by atoms with E-state index >= 15 is 0 Å². The lowest BCUT2D eigenvalue weighted by molar-refractivity contribution is 0.101. The van der Waals surface area contributed by atoms with E-state index in [1.54, 1.807) is 6.92 Å². The molecule has 1 aromatic carbocycles. The lowest BCUT2D eigenvalue weighted by atomic mass is 10.2. The van der Waals surface area contributed by atoms with Gasteiger partial charge in [-0.05, 0) is 18.2 Å². The van der Waals surface area contributed by atoms with Gasteiger partial charge in [0, 0.05) is 29.4 Å². The molecule has 3 aromatic rings. The predicted octanol–water partition coefficient (Wildman–Crippen LogP) is 2.85. The molecule has 0 atom stereocenters. The van der Waals surface area contributed by atoms with E-state index in [-0.39, 0.29) is 5.78 Å². The monoisotopic (exact) mass is 198 g/mol. The summed E-state index contributed by atoms with van der Waals surface area (Å²) >= 11 is 0. The van der Waals surface area contributed by atoms with Crippen LogP contribution in [0.25, 0.3) is 21.8 Å². The van der Waals surface area contributed by atoms with E-state index in [0.29, 0.717) is 5.69 Å². The van der Waals surface area contributed by atoms with Crippen LogP contribution in [0.2, 0.25) is 0 Å². The number of carbonyl (C=O) groups is 1. The molecule has 0 aliphatic rings. The first kappa shape index (κ1) is 8.29. The number of hydrogen-bond donors (Lipinski definition) is 2. The van der Waals surface area contributed by atoms with E-state index in [1.165, 1.54) is 0 Å². The second kappa shape index (κ2) is 2.73. The number of rotatable bonds is 1. The van der Waals surface area contributed by atoms with Crippen LogP contribution in [0.15, 0.2) is 30.5 Å². The Hall–Kier alpha value is -2.03. The number of ketones is 1. The molecule has 0 bridgehead atoms. The number of fused-ring (bicyclic) bond motifs is 3. The maximum Gasteiger partial charge on any atom is 0.175 e. The Morgan fingerprint density at radius 2 is 2.13 bits per heavy atom. The average molecular weight is 198 g/mol. The van der Waals surface area contributed by atoms with Crippen molar-refractivity contribution >= 4 is 27.6 Å². The summed E-state index contributed by atoms with van der Waals surface area (Å²) < 4.78 is 0. The number of benzene rings is 1. The van der Waals surface area contributed by atoms with Crippen molar-refractivity contribution in [3.63, 3.8) is 0 Å². The molecule has 3 nitrogen and oxygen atoms in total. The van der Waals surface area contributed by atoms with Crippen molar-refractivity contribution < 1.29 is 4.79 Å². The normalized spacial score (nSPS) is 11.3. The third-order valence-corrected chi connectivity index (χ3v) is 2.71. The standard InChI is InChI=1S/C12H10N2O/c1-7(15)11-6-8-2-3-10-9(4-5-13-10)12(8)14-11/h2-6,13-14H,1H3. The molecule has 0 fully saturated rings. The van der Waals surface area contributed by atoms with Gasteiger partial charge in [-0.2, -0.15) is 0 Å². The van der Waals surface area contributed by atoms with E-state index in [2.05, 4.69) is 9.97 Å². The van der Waals surface area contributed by atoms with E-state index in [0.717, 1.165) is 21.8 Å². The van der Waals surface area contributed by atoms with Crippen LogP contribution in [0, 0.1) is 0 Å². The van der Waals surface area contributed by atoms with Gasteiger partial charge in [0.2, 0.25) is 0 Å². The molecular weight excluding hydrogens is 188 g/mol. The van der Waals surface area contributed by atoms with E-state index in [4.69, 9.17) is 0 Å². The summed E-state index contributed by atoms with van der Waals surface area (Å²) in [6.07, 6.45) is 1.90. The van der Waals surface area contributed by atoms with Crippen LogP contribution in [0.1, 0.15) is 17.4 Å². The minimum Gasteiger partial charge on any atom is -0.361 e. The van der Waals surface area contributed by atoms with Crippen molar-refractivity contribution in [3.8, 4) is 0 Å². The van der Waals surface area contributed by atoms with Gasteiger partial charge >= 0.3 is 0 Å². The highest BCUT2D eigenvalue weighted by atomic mass is 16.1. The van der Waals surface area contributed by atoms with Gasteiger partial charge in [-0.15, -0.1) is 0 Å². The number of hydrogen-bond acceptors (Lipinski definition) is 1.